The fraction of sp³-hybridized carbons (Fsp3) is 0.294. The van der Waals surface area contributed by atoms with E-state index in [9.17, 15) is 13.2 Å². The van der Waals surface area contributed by atoms with Crippen molar-refractivity contribution < 1.29 is 17.9 Å². The van der Waals surface area contributed by atoms with Crippen LogP contribution in [0.25, 0.3) is 0 Å². The molecule has 0 aliphatic carbocycles. The van der Waals surface area contributed by atoms with E-state index in [4.69, 9.17) is 4.74 Å². The van der Waals surface area contributed by atoms with Crippen LogP contribution >= 0.6 is 11.8 Å². The average molecular weight is 378 g/mol. The van der Waals surface area contributed by atoms with Crippen LogP contribution in [0.5, 0.6) is 5.88 Å². The molecule has 8 heteroatoms. The van der Waals surface area contributed by atoms with E-state index in [0.717, 1.165) is 24.2 Å². The van der Waals surface area contributed by atoms with Crippen molar-refractivity contribution in [1.82, 2.24) is 4.98 Å². The summed E-state index contributed by atoms with van der Waals surface area (Å²) < 4.78 is 28.7. The molecule has 3 rings (SSSR count). The van der Waals surface area contributed by atoms with Gasteiger partial charge in [0.1, 0.15) is 6.10 Å². The Bertz CT molecular complexity index is 860. The van der Waals surface area contributed by atoms with Crippen LogP contribution in [0.4, 0.5) is 5.69 Å². The molecule has 1 aromatic carbocycles. The Hall–Kier alpha value is -2.06. The van der Waals surface area contributed by atoms with Crippen molar-refractivity contribution in [2.24, 2.45) is 0 Å². The number of benzene rings is 1. The van der Waals surface area contributed by atoms with Gasteiger partial charge >= 0.3 is 0 Å². The van der Waals surface area contributed by atoms with Crippen LogP contribution in [-0.2, 0) is 9.84 Å². The Morgan fingerprint density at radius 2 is 2.04 bits per heavy atom. The predicted octanol–water partition coefficient (Wildman–Crippen LogP) is 2.62. The van der Waals surface area contributed by atoms with Gasteiger partial charge < -0.3 is 10.1 Å². The minimum atomic E-state index is -3.26. The highest BCUT2D eigenvalue weighted by Gasteiger charge is 2.18. The number of hydrogen-bond acceptors (Lipinski definition) is 6. The summed E-state index contributed by atoms with van der Waals surface area (Å²) in [5.41, 5.74) is 0.951. The lowest BCUT2D eigenvalue weighted by Gasteiger charge is -2.12. The van der Waals surface area contributed by atoms with Crippen molar-refractivity contribution in [3.05, 3.63) is 48.2 Å². The SMILES string of the molecule is CS(=O)(=O)c1ccc(NC(=O)c2ccnc(O[C@H]3CCSC3)c2)cc1. The molecule has 0 unspecified atom stereocenters. The number of carbonyl (C=O) groups is 1. The van der Waals surface area contributed by atoms with E-state index in [1.807, 2.05) is 11.8 Å². The van der Waals surface area contributed by atoms with Gasteiger partial charge in [-0.15, -0.1) is 0 Å². The summed E-state index contributed by atoms with van der Waals surface area (Å²) in [7, 11) is -3.26. The van der Waals surface area contributed by atoms with Gasteiger partial charge in [0.15, 0.2) is 9.84 Å². The lowest BCUT2D eigenvalue weighted by molar-refractivity contribution is 0.102. The highest BCUT2D eigenvalue weighted by atomic mass is 32.2. The van der Waals surface area contributed by atoms with Crippen LogP contribution in [0.3, 0.4) is 0 Å². The highest BCUT2D eigenvalue weighted by molar-refractivity contribution is 7.99. The minimum absolute atomic E-state index is 0.138. The van der Waals surface area contributed by atoms with Crippen molar-refractivity contribution in [2.45, 2.75) is 17.4 Å². The first-order chi connectivity index (χ1) is 11.9. The number of ether oxygens (including phenoxy) is 1. The molecular weight excluding hydrogens is 360 g/mol. The molecular formula is C17H18N2O4S2. The zero-order valence-electron chi connectivity index (χ0n) is 13.6. The van der Waals surface area contributed by atoms with Crippen molar-refractivity contribution in [3.63, 3.8) is 0 Å². The summed E-state index contributed by atoms with van der Waals surface area (Å²) in [6, 6.07) is 9.26. The van der Waals surface area contributed by atoms with Gasteiger partial charge in [0.2, 0.25) is 5.88 Å². The number of anilines is 1. The summed E-state index contributed by atoms with van der Waals surface area (Å²) in [4.78, 5) is 16.7. The molecule has 1 aliphatic heterocycles. The molecule has 0 spiro atoms. The maximum absolute atomic E-state index is 12.4. The number of amides is 1. The first-order valence-corrected chi connectivity index (χ1v) is 10.8. The Morgan fingerprint density at radius 1 is 1.28 bits per heavy atom. The Balaban J connectivity index is 1.68. The van der Waals surface area contributed by atoms with Gasteiger partial charge in [0, 0.05) is 35.5 Å². The van der Waals surface area contributed by atoms with E-state index in [-0.39, 0.29) is 16.9 Å². The molecule has 132 valence electrons. The maximum atomic E-state index is 12.4. The third-order valence-electron chi connectivity index (χ3n) is 3.71. The van der Waals surface area contributed by atoms with Crippen molar-refractivity contribution in [1.29, 1.82) is 0 Å². The fourth-order valence-corrected chi connectivity index (χ4v) is 4.10. The molecule has 2 aromatic rings. The standard InChI is InChI=1S/C17H18N2O4S2/c1-25(21,22)15-4-2-13(3-5-15)19-17(20)12-6-8-18-16(10-12)23-14-7-9-24-11-14/h2-6,8,10,14H,7,9,11H2,1H3,(H,19,20)/t14-/m0/s1. The van der Waals surface area contributed by atoms with E-state index in [2.05, 4.69) is 10.3 Å². The molecule has 1 amide bonds. The summed E-state index contributed by atoms with van der Waals surface area (Å²) in [6.07, 6.45) is 3.80. The third-order valence-corrected chi connectivity index (χ3v) is 5.97. The van der Waals surface area contributed by atoms with Gasteiger partial charge in [-0.25, -0.2) is 13.4 Å². The monoisotopic (exact) mass is 378 g/mol. The first kappa shape index (κ1) is 17.8. The molecule has 1 fully saturated rings. The lowest BCUT2D eigenvalue weighted by atomic mass is 10.2. The zero-order valence-corrected chi connectivity index (χ0v) is 15.3. The second-order valence-electron chi connectivity index (χ2n) is 5.74. The van der Waals surface area contributed by atoms with Crippen molar-refractivity contribution >= 4 is 33.2 Å². The zero-order chi connectivity index (χ0) is 17.9. The number of aromatic nitrogens is 1. The normalized spacial score (nSPS) is 17.2. The Morgan fingerprint density at radius 3 is 2.68 bits per heavy atom. The molecule has 0 radical (unpaired) electrons. The molecule has 0 saturated carbocycles. The molecule has 1 N–H and O–H groups in total. The Labute approximate surface area is 150 Å². The first-order valence-electron chi connectivity index (χ1n) is 7.74. The van der Waals surface area contributed by atoms with Gasteiger partial charge in [0.25, 0.3) is 5.91 Å². The van der Waals surface area contributed by atoms with Crippen LogP contribution in [0.15, 0.2) is 47.5 Å². The smallest absolute Gasteiger partial charge is 0.255 e. The topological polar surface area (TPSA) is 85.4 Å². The highest BCUT2D eigenvalue weighted by Crippen LogP contribution is 2.22. The van der Waals surface area contributed by atoms with Gasteiger partial charge in [-0.2, -0.15) is 11.8 Å². The number of nitrogens with one attached hydrogen (secondary N) is 1. The third kappa shape index (κ3) is 4.73. The quantitative estimate of drug-likeness (QED) is 0.861. The number of hydrogen-bond donors (Lipinski definition) is 1. The van der Waals surface area contributed by atoms with Crippen LogP contribution in [0.1, 0.15) is 16.8 Å². The molecule has 6 nitrogen and oxygen atoms in total. The van der Waals surface area contributed by atoms with E-state index in [1.165, 1.54) is 12.1 Å². The van der Waals surface area contributed by atoms with E-state index in [1.54, 1.807) is 30.5 Å². The molecule has 1 atom stereocenters. The summed E-state index contributed by atoms with van der Waals surface area (Å²) >= 11 is 1.84. The number of thioether (sulfide) groups is 1. The lowest BCUT2D eigenvalue weighted by Crippen LogP contribution is -2.17. The van der Waals surface area contributed by atoms with Gasteiger partial charge in [0.05, 0.1) is 4.90 Å². The summed E-state index contributed by atoms with van der Waals surface area (Å²) in [5, 5.41) is 2.74. The maximum Gasteiger partial charge on any atom is 0.255 e. The van der Waals surface area contributed by atoms with Gasteiger partial charge in [-0.3, -0.25) is 4.79 Å². The Kier molecular flexibility index (Phi) is 5.29. The second-order valence-corrected chi connectivity index (χ2v) is 8.90. The average Bonchev–Trinajstić information content (AvgIpc) is 3.08. The molecule has 0 bridgehead atoms. The number of rotatable bonds is 5. The van der Waals surface area contributed by atoms with Crippen molar-refractivity contribution in [3.8, 4) is 5.88 Å². The molecule has 1 aromatic heterocycles. The van der Waals surface area contributed by atoms with Crippen LogP contribution < -0.4 is 10.1 Å². The number of sulfone groups is 1. The van der Waals surface area contributed by atoms with Gasteiger partial charge in [-0.1, -0.05) is 0 Å². The molecule has 1 aliphatic rings. The van der Waals surface area contributed by atoms with E-state index < -0.39 is 9.84 Å². The minimum Gasteiger partial charge on any atom is -0.473 e. The molecule has 1 saturated heterocycles. The number of carbonyl (C=O) groups excluding carboxylic acids is 1. The van der Waals surface area contributed by atoms with Crippen LogP contribution in [0, 0.1) is 0 Å². The van der Waals surface area contributed by atoms with E-state index >= 15 is 0 Å². The summed E-state index contributed by atoms with van der Waals surface area (Å²) in [6.45, 7) is 0. The predicted molar refractivity (Wildman–Crippen MR) is 98.1 cm³/mol. The number of pyridine rings is 1. The number of nitrogens with zero attached hydrogens (tertiary/aromatic N) is 1. The second kappa shape index (κ2) is 7.45. The van der Waals surface area contributed by atoms with Crippen LogP contribution in [-0.4, -0.2) is 43.2 Å². The summed E-state index contributed by atoms with van der Waals surface area (Å²) in [5.74, 6) is 2.15. The van der Waals surface area contributed by atoms with Crippen LogP contribution in [0.2, 0.25) is 0 Å². The van der Waals surface area contributed by atoms with E-state index in [0.29, 0.717) is 17.1 Å². The molecule has 2 heterocycles. The van der Waals surface area contributed by atoms with Crippen molar-refractivity contribution in [2.75, 3.05) is 23.1 Å². The van der Waals surface area contributed by atoms with Gasteiger partial charge in [-0.05, 0) is 42.5 Å². The fourth-order valence-electron chi connectivity index (χ4n) is 2.38. The molecule has 25 heavy (non-hydrogen) atoms. The largest absolute Gasteiger partial charge is 0.473 e.